The Morgan fingerprint density at radius 2 is 1.60 bits per heavy atom. The molecule has 8 nitrogen and oxygen atoms in total. The molecule has 0 aromatic heterocycles. The minimum absolute atomic E-state index is 0.0526. The molecule has 0 aromatic carbocycles. The van der Waals surface area contributed by atoms with Crippen molar-refractivity contribution in [3.63, 3.8) is 0 Å². The molecule has 0 amide bonds. The third-order valence-electron chi connectivity index (χ3n) is 11.8. The minimum Gasteiger partial charge on any atom is -0.459 e. The first-order valence-corrected chi connectivity index (χ1v) is 16.3. The number of aliphatic hydroxyl groups excluding tert-OH is 2. The summed E-state index contributed by atoms with van der Waals surface area (Å²) >= 11 is 0. The standard InChI is InChI=1S/C35H54O8/c1-10-23(18(2)3)15-27(39)19(4)25-11-12-26-24-16-30(42-21(6)37)32-33(43-22(7)38)29(41-20(5)36)13-14-34(32,8)31(24)28(40)17-35(25,26)9/h10,16,18-19,25-33,39-40H,11-15,17H2,1-9H3/b23-10+/t19-,25+,26-,27+,28+,29-,30-,31+,32-,33-,34+,35+/m0/s1. The molecule has 43 heavy (non-hydrogen) atoms. The van der Waals surface area contributed by atoms with Gasteiger partial charge in [-0.1, -0.05) is 51.8 Å². The van der Waals surface area contributed by atoms with Gasteiger partial charge in [0.2, 0.25) is 0 Å². The Kier molecular flexibility index (Phi) is 9.92. The van der Waals surface area contributed by atoms with Crippen molar-refractivity contribution in [2.75, 3.05) is 0 Å². The molecule has 0 spiro atoms. The number of carbonyl (C=O) groups excluding carboxylic acids is 3. The van der Waals surface area contributed by atoms with E-state index < -0.39 is 59.8 Å². The molecule has 3 fully saturated rings. The fraction of sp³-hybridized carbons (Fsp3) is 0.800. The topological polar surface area (TPSA) is 119 Å². The van der Waals surface area contributed by atoms with Crippen LogP contribution in [0.1, 0.15) is 101 Å². The van der Waals surface area contributed by atoms with Crippen LogP contribution in [0.2, 0.25) is 0 Å². The lowest BCUT2D eigenvalue weighted by Gasteiger charge is -2.61. The summed E-state index contributed by atoms with van der Waals surface area (Å²) in [5.41, 5.74) is 1.58. The number of ether oxygens (including phenoxy) is 3. The normalized spacial score (nSPS) is 40.4. The summed E-state index contributed by atoms with van der Waals surface area (Å²) in [5, 5.41) is 23.5. The van der Waals surface area contributed by atoms with Crippen molar-refractivity contribution in [1.82, 2.24) is 0 Å². The number of aliphatic hydroxyl groups is 2. The summed E-state index contributed by atoms with van der Waals surface area (Å²) in [6.07, 6.45) is 5.08. The van der Waals surface area contributed by atoms with Crippen LogP contribution in [0.3, 0.4) is 0 Å². The second-order valence-electron chi connectivity index (χ2n) is 14.7. The zero-order valence-electron chi connectivity index (χ0n) is 27.6. The number of hydrogen-bond donors (Lipinski definition) is 2. The predicted molar refractivity (Wildman–Crippen MR) is 162 cm³/mol. The number of esters is 3. The van der Waals surface area contributed by atoms with Gasteiger partial charge in [-0.3, -0.25) is 14.4 Å². The Morgan fingerprint density at radius 3 is 2.16 bits per heavy atom. The van der Waals surface area contributed by atoms with Gasteiger partial charge in [0.15, 0.2) is 0 Å². The van der Waals surface area contributed by atoms with E-state index in [-0.39, 0.29) is 29.1 Å². The van der Waals surface area contributed by atoms with Gasteiger partial charge in [0.1, 0.15) is 18.3 Å². The van der Waals surface area contributed by atoms with Gasteiger partial charge in [-0.2, -0.15) is 0 Å². The van der Waals surface area contributed by atoms with Gasteiger partial charge in [0, 0.05) is 32.6 Å². The second kappa shape index (κ2) is 12.7. The van der Waals surface area contributed by atoms with Gasteiger partial charge in [-0.05, 0) is 86.0 Å². The number of carbonyl (C=O) groups is 3. The van der Waals surface area contributed by atoms with Crippen molar-refractivity contribution in [3.8, 4) is 0 Å². The molecule has 0 bridgehead atoms. The van der Waals surface area contributed by atoms with Crippen LogP contribution in [-0.2, 0) is 28.6 Å². The largest absolute Gasteiger partial charge is 0.459 e. The van der Waals surface area contributed by atoms with Crippen LogP contribution in [0.4, 0.5) is 0 Å². The van der Waals surface area contributed by atoms with E-state index in [1.54, 1.807) is 0 Å². The van der Waals surface area contributed by atoms with Crippen molar-refractivity contribution >= 4 is 17.9 Å². The third kappa shape index (κ3) is 6.20. The highest BCUT2D eigenvalue weighted by Crippen LogP contribution is 2.67. The molecule has 4 rings (SSSR count). The molecule has 3 saturated carbocycles. The maximum Gasteiger partial charge on any atom is 0.303 e. The molecule has 0 radical (unpaired) electrons. The summed E-state index contributed by atoms with van der Waals surface area (Å²) in [6, 6.07) is 0. The highest BCUT2D eigenvalue weighted by molar-refractivity contribution is 5.68. The molecule has 8 heteroatoms. The van der Waals surface area contributed by atoms with Crippen molar-refractivity contribution in [2.45, 2.75) is 131 Å². The molecule has 0 aromatic rings. The summed E-state index contributed by atoms with van der Waals surface area (Å²) < 4.78 is 17.5. The number of rotatable bonds is 8. The van der Waals surface area contributed by atoms with Gasteiger partial charge < -0.3 is 24.4 Å². The molecule has 0 unspecified atom stereocenters. The number of allylic oxidation sites excluding steroid dienone is 1. The fourth-order valence-electron chi connectivity index (χ4n) is 9.99. The van der Waals surface area contributed by atoms with Crippen molar-refractivity contribution in [1.29, 1.82) is 0 Å². The Hall–Kier alpha value is -2.19. The van der Waals surface area contributed by atoms with Crippen LogP contribution in [0, 0.1) is 46.3 Å². The van der Waals surface area contributed by atoms with E-state index in [9.17, 15) is 24.6 Å². The molecule has 12 atom stereocenters. The third-order valence-corrected chi connectivity index (χ3v) is 11.8. The lowest BCUT2D eigenvalue weighted by atomic mass is 9.45. The average molecular weight is 603 g/mol. The number of hydrogen-bond acceptors (Lipinski definition) is 8. The van der Waals surface area contributed by atoms with Crippen molar-refractivity contribution < 1.29 is 38.8 Å². The van der Waals surface area contributed by atoms with E-state index in [1.165, 1.54) is 26.3 Å². The van der Waals surface area contributed by atoms with Crippen LogP contribution in [0.25, 0.3) is 0 Å². The zero-order valence-corrected chi connectivity index (χ0v) is 27.6. The van der Waals surface area contributed by atoms with E-state index in [0.29, 0.717) is 31.6 Å². The molecule has 2 N–H and O–H groups in total. The average Bonchev–Trinajstić information content (AvgIpc) is 3.23. The van der Waals surface area contributed by atoms with Gasteiger partial charge >= 0.3 is 17.9 Å². The molecule has 0 heterocycles. The Bertz CT molecular complexity index is 1140. The quantitative estimate of drug-likeness (QED) is 0.211. The van der Waals surface area contributed by atoms with E-state index in [2.05, 4.69) is 40.7 Å². The van der Waals surface area contributed by atoms with Crippen LogP contribution in [0.15, 0.2) is 23.3 Å². The lowest BCUT2D eigenvalue weighted by Crippen LogP contribution is -2.64. The van der Waals surface area contributed by atoms with E-state index in [4.69, 9.17) is 14.2 Å². The predicted octanol–water partition coefficient (Wildman–Crippen LogP) is 5.54. The zero-order chi connectivity index (χ0) is 32.0. The van der Waals surface area contributed by atoms with Crippen LogP contribution >= 0.6 is 0 Å². The van der Waals surface area contributed by atoms with Crippen LogP contribution < -0.4 is 0 Å². The first kappa shape index (κ1) is 33.7. The Morgan fingerprint density at radius 1 is 0.977 bits per heavy atom. The molecule has 0 saturated heterocycles. The van der Waals surface area contributed by atoms with Gasteiger partial charge in [-0.15, -0.1) is 0 Å². The smallest absolute Gasteiger partial charge is 0.303 e. The fourth-order valence-corrected chi connectivity index (χ4v) is 9.99. The Balaban J connectivity index is 1.74. The van der Waals surface area contributed by atoms with Crippen LogP contribution in [-0.4, -0.2) is 58.6 Å². The van der Waals surface area contributed by atoms with E-state index in [0.717, 1.165) is 18.4 Å². The molecular formula is C35H54O8. The molecule has 4 aliphatic carbocycles. The van der Waals surface area contributed by atoms with Gasteiger partial charge in [-0.25, -0.2) is 0 Å². The SMILES string of the molecule is C/C=C(\C[C@@H](O)[C@@H](C)[C@H]1CC[C@H]2C3=C[C@H](OC(C)=O)[C@H]4[C@@H](OC(C)=O)[C@@H](OC(C)=O)CC[C@]4(C)[C@H]3[C@H](O)C[C@]12C)C(C)C. The van der Waals surface area contributed by atoms with E-state index in [1.807, 2.05) is 13.0 Å². The molecule has 4 aliphatic rings. The first-order chi connectivity index (χ1) is 20.0. The highest BCUT2D eigenvalue weighted by Gasteiger charge is 2.66. The minimum atomic E-state index is -0.809. The van der Waals surface area contributed by atoms with E-state index >= 15 is 0 Å². The van der Waals surface area contributed by atoms with Crippen molar-refractivity contribution in [3.05, 3.63) is 23.3 Å². The van der Waals surface area contributed by atoms with Gasteiger partial charge in [0.05, 0.1) is 12.2 Å². The second-order valence-corrected chi connectivity index (χ2v) is 14.7. The first-order valence-electron chi connectivity index (χ1n) is 16.3. The highest BCUT2D eigenvalue weighted by atomic mass is 16.6. The summed E-state index contributed by atoms with van der Waals surface area (Å²) in [6.45, 7) is 16.9. The lowest BCUT2D eigenvalue weighted by molar-refractivity contribution is -0.210. The molecule has 0 aliphatic heterocycles. The van der Waals surface area contributed by atoms with Gasteiger partial charge in [0.25, 0.3) is 0 Å². The molecular weight excluding hydrogens is 548 g/mol. The molecule has 242 valence electrons. The van der Waals surface area contributed by atoms with Crippen molar-refractivity contribution in [2.24, 2.45) is 46.3 Å². The maximum absolute atomic E-state index is 12.4. The monoisotopic (exact) mass is 602 g/mol. The number of fused-ring (bicyclic) bond motifs is 5. The van der Waals surface area contributed by atoms with Crippen LogP contribution in [0.5, 0.6) is 0 Å². The Labute approximate surface area is 257 Å². The summed E-state index contributed by atoms with van der Waals surface area (Å²) in [4.78, 5) is 36.8. The summed E-state index contributed by atoms with van der Waals surface area (Å²) in [7, 11) is 0. The maximum atomic E-state index is 12.4. The summed E-state index contributed by atoms with van der Waals surface area (Å²) in [5.74, 6) is -1.28.